The molecule has 0 aromatic carbocycles. The van der Waals surface area contributed by atoms with E-state index >= 15 is 0 Å². The fraction of sp³-hybridized carbons (Fsp3) is 1.00. The highest BCUT2D eigenvalue weighted by atomic mass is 32.2. The summed E-state index contributed by atoms with van der Waals surface area (Å²) in [5.41, 5.74) is -0.337. The highest BCUT2D eigenvalue weighted by Gasteiger charge is 2.29. The standard InChI is InChI=1S/C10H22N2O3S/c1-3-11-10(2,9-13)8-12-4-6-16(14,15)7-5-12/h11,13H,3-9H2,1-2H3. The van der Waals surface area contributed by atoms with E-state index in [4.69, 9.17) is 0 Å². The van der Waals surface area contributed by atoms with Crippen molar-refractivity contribution in [3.63, 3.8) is 0 Å². The van der Waals surface area contributed by atoms with Crippen molar-refractivity contribution in [2.45, 2.75) is 19.4 Å². The number of sulfone groups is 1. The number of likely N-dealkylation sites (N-methyl/N-ethyl adjacent to an activating group) is 1. The van der Waals surface area contributed by atoms with Crippen molar-refractivity contribution in [3.8, 4) is 0 Å². The minimum atomic E-state index is -2.81. The van der Waals surface area contributed by atoms with Gasteiger partial charge in [-0.05, 0) is 13.5 Å². The number of aliphatic hydroxyl groups excluding tert-OH is 1. The van der Waals surface area contributed by atoms with Gasteiger partial charge in [0.25, 0.3) is 0 Å². The molecule has 0 aromatic rings. The van der Waals surface area contributed by atoms with Gasteiger partial charge in [0.05, 0.1) is 23.7 Å². The smallest absolute Gasteiger partial charge is 0.152 e. The molecule has 0 radical (unpaired) electrons. The summed E-state index contributed by atoms with van der Waals surface area (Å²) in [5, 5.41) is 12.6. The second kappa shape index (κ2) is 5.44. The first-order valence-electron chi connectivity index (χ1n) is 5.69. The predicted molar refractivity (Wildman–Crippen MR) is 64.3 cm³/mol. The molecule has 1 rings (SSSR count). The third-order valence-electron chi connectivity index (χ3n) is 2.96. The van der Waals surface area contributed by atoms with Gasteiger partial charge in [-0.2, -0.15) is 0 Å². The van der Waals surface area contributed by atoms with Crippen LogP contribution in [0.4, 0.5) is 0 Å². The van der Waals surface area contributed by atoms with E-state index in [-0.39, 0.29) is 23.7 Å². The van der Waals surface area contributed by atoms with Crippen molar-refractivity contribution in [1.29, 1.82) is 0 Å². The predicted octanol–water partition coefficient (Wildman–Crippen LogP) is -0.923. The van der Waals surface area contributed by atoms with Crippen LogP contribution in [0.15, 0.2) is 0 Å². The molecule has 1 aliphatic rings. The van der Waals surface area contributed by atoms with E-state index < -0.39 is 9.84 Å². The number of rotatable bonds is 5. The zero-order valence-corrected chi connectivity index (χ0v) is 10.9. The lowest BCUT2D eigenvalue weighted by Crippen LogP contribution is -2.56. The third-order valence-corrected chi connectivity index (χ3v) is 4.57. The van der Waals surface area contributed by atoms with Crippen LogP contribution in [0.1, 0.15) is 13.8 Å². The van der Waals surface area contributed by atoms with Crippen LogP contribution in [0.2, 0.25) is 0 Å². The Bertz CT molecular complexity index is 304. The van der Waals surface area contributed by atoms with Crippen molar-refractivity contribution >= 4 is 9.84 Å². The van der Waals surface area contributed by atoms with Gasteiger partial charge in [0.15, 0.2) is 9.84 Å². The van der Waals surface area contributed by atoms with Crippen molar-refractivity contribution in [1.82, 2.24) is 10.2 Å². The molecule has 96 valence electrons. The Kier molecular flexibility index (Phi) is 4.73. The van der Waals surface area contributed by atoms with Gasteiger partial charge < -0.3 is 10.4 Å². The number of nitrogens with one attached hydrogen (secondary N) is 1. The molecular weight excluding hydrogens is 228 g/mol. The first-order valence-corrected chi connectivity index (χ1v) is 7.51. The van der Waals surface area contributed by atoms with Crippen LogP contribution in [-0.2, 0) is 9.84 Å². The molecule has 0 aromatic heterocycles. The average molecular weight is 250 g/mol. The Morgan fingerprint density at radius 1 is 1.38 bits per heavy atom. The summed E-state index contributed by atoms with van der Waals surface area (Å²) < 4.78 is 22.5. The fourth-order valence-corrected chi connectivity index (χ4v) is 3.27. The number of aliphatic hydroxyl groups is 1. The highest BCUT2D eigenvalue weighted by Crippen LogP contribution is 2.10. The molecule has 1 unspecified atom stereocenters. The summed E-state index contributed by atoms with van der Waals surface area (Å²) >= 11 is 0. The van der Waals surface area contributed by atoms with Crippen molar-refractivity contribution in [2.75, 3.05) is 44.3 Å². The maximum Gasteiger partial charge on any atom is 0.152 e. The Labute approximate surface area is 97.7 Å². The van der Waals surface area contributed by atoms with Crippen LogP contribution >= 0.6 is 0 Å². The van der Waals surface area contributed by atoms with Gasteiger partial charge >= 0.3 is 0 Å². The molecule has 0 spiro atoms. The normalized spacial score (nSPS) is 25.2. The molecule has 0 aliphatic carbocycles. The molecule has 0 amide bonds. The first kappa shape index (κ1) is 13.9. The van der Waals surface area contributed by atoms with Crippen molar-refractivity contribution in [2.24, 2.45) is 0 Å². The lowest BCUT2D eigenvalue weighted by atomic mass is 10.0. The van der Waals surface area contributed by atoms with Crippen LogP contribution in [0.25, 0.3) is 0 Å². The zero-order chi connectivity index (χ0) is 12.2. The molecular formula is C10H22N2O3S. The van der Waals surface area contributed by atoms with Gasteiger partial charge in [0.1, 0.15) is 0 Å². The SMILES string of the molecule is CCNC(C)(CO)CN1CCS(=O)(=O)CC1. The van der Waals surface area contributed by atoms with Crippen molar-refractivity contribution < 1.29 is 13.5 Å². The molecule has 1 aliphatic heterocycles. The van der Waals surface area contributed by atoms with Crippen molar-refractivity contribution in [3.05, 3.63) is 0 Å². The Balaban J connectivity index is 2.48. The van der Waals surface area contributed by atoms with Gasteiger partial charge in [-0.1, -0.05) is 6.92 Å². The second-order valence-electron chi connectivity index (χ2n) is 4.68. The first-order chi connectivity index (χ1) is 7.41. The highest BCUT2D eigenvalue weighted by molar-refractivity contribution is 7.91. The number of hydrogen-bond donors (Lipinski definition) is 2. The number of hydrogen-bond acceptors (Lipinski definition) is 5. The molecule has 16 heavy (non-hydrogen) atoms. The monoisotopic (exact) mass is 250 g/mol. The summed E-state index contributed by atoms with van der Waals surface area (Å²) in [6.45, 7) is 6.64. The maximum atomic E-state index is 11.3. The van der Waals surface area contributed by atoms with Gasteiger partial charge in [-0.3, -0.25) is 4.90 Å². The fourth-order valence-electron chi connectivity index (χ4n) is 1.99. The Morgan fingerprint density at radius 3 is 2.38 bits per heavy atom. The summed E-state index contributed by atoms with van der Waals surface area (Å²) in [6.07, 6.45) is 0. The van der Waals surface area contributed by atoms with Crippen LogP contribution in [-0.4, -0.2) is 68.3 Å². The second-order valence-corrected chi connectivity index (χ2v) is 6.98. The van der Waals surface area contributed by atoms with E-state index in [1.165, 1.54) is 0 Å². The van der Waals surface area contributed by atoms with E-state index in [2.05, 4.69) is 10.2 Å². The lowest BCUT2D eigenvalue weighted by molar-refractivity contribution is 0.126. The van der Waals surface area contributed by atoms with Gasteiger partial charge in [0, 0.05) is 19.6 Å². The molecule has 6 heteroatoms. The minimum absolute atomic E-state index is 0.0596. The quantitative estimate of drug-likeness (QED) is 0.660. The third kappa shape index (κ3) is 4.01. The van der Waals surface area contributed by atoms with Crippen LogP contribution in [0.3, 0.4) is 0 Å². The summed E-state index contributed by atoms with van der Waals surface area (Å²) in [5.74, 6) is 0.473. The lowest BCUT2D eigenvalue weighted by Gasteiger charge is -2.36. The summed E-state index contributed by atoms with van der Waals surface area (Å²) in [4.78, 5) is 2.10. The van der Waals surface area contributed by atoms with E-state index in [9.17, 15) is 13.5 Å². The molecule has 1 heterocycles. The summed E-state index contributed by atoms with van der Waals surface area (Å²) in [7, 11) is -2.81. The van der Waals surface area contributed by atoms with E-state index in [1.807, 2.05) is 13.8 Å². The maximum absolute atomic E-state index is 11.3. The molecule has 0 saturated carbocycles. The van der Waals surface area contributed by atoms with E-state index in [0.717, 1.165) is 6.54 Å². The largest absolute Gasteiger partial charge is 0.394 e. The molecule has 1 fully saturated rings. The van der Waals surface area contributed by atoms with Gasteiger partial charge in [-0.25, -0.2) is 8.42 Å². The molecule has 5 nitrogen and oxygen atoms in total. The molecule has 1 saturated heterocycles. The van der Waals surface area contributed by atoms with Crippen LogP contribution < -0.4 is 5.32 Å². The summed E-state index contributed by atoms with van der Waals surface area (Å²) in [6, 6.07) is 0. The molecule has 0 bridgehead atoms. The Hall–Kier alpha value is -0.170. The average Bonchev–Trinajstić information content (AvgIpc) is 2.22. The van der Waals surface area contributed by atoms with Gasteiger partial charge in [0.2, 0.25) is 0 Å². The Morgan fingerprint density at radius 2 is 1.94 bits per heavy atom. The molecule has 1 atom stereocenters. The van der Waals surface area contributed by atoms with Gasteiger partial charge in [-0.15, -0.1) is 0 Å². The minimum Gasteiger partial charge on any atom is -0.394 e. The topological polar surface area (TPSA) is 69.6 Å². The number of nitrogens with zero attached hydrogens (tertiary/aromatic N) is 1. The van der Waals surface area contributed by atoms with Crippen LogP contribution in [0.5, 0.6) is 0 Å². The zero-order valence-electron chi connectivity index (χ0n) is 10.1. The van der Waals surface area contributed by atoms with E-state index in [1.54, 1.807) is 0 Å². The molecule has 2 N–H and O–H groups in total. The van der Waals surface area contributed by atoms with E-state index in [0.29, 0.717) is 19.6 Å². The van der Waals surface area contributed by atoms with Crippen LogP contribution in [0, 0.1) is 0 Å².